The van der Waals surface area contributed by atoms with Crippen LogP contribution >= 0.6 is 22.7 Å². The second kappa shape index (κ2) is 4.89. The van der Waals surface area contributed by atoms with Gasteiger partial charge < -0.3 is 0 Å². The molecular weight excluding hydrogens is 280 g/mol. The van der Waals surface area contributed by atoms with Crippen LogP contribution in [0.3, 0.4) is 0 Å². The maximum atomic E-state index is 2.28. The van der Waals surface area contributed by atoms with Gasteiger partial charge in [0.25, 0.3) is 0 Å². The van der Waals surface area contributed by atoms with Gasteiger partial charge in [0.1, 0.15) is 0 Å². The molecule has 4 rings (SSSR count). The van der Waals surface area contributed by atoms with Crippen LogP contribution in [-0.4, -0.2) is 0 Å². The van der Waals surface area contributed by atoms with Crippen LogP contribution in [0, 0.1) is 0 Å². The zero-order valence-corrected chi connectivity index (χ0v) is 12.4. The van der Waals surface area contributed by atoms with Crippen molar-refractivity contribution in [1.82, 2.24) is 0 Å². The molecule has 0 bridgehead atoms. The minimum Gasteiger partial charge on any atom is -0.142 e. The topological polar surface area (TPSA) is 0 Å². The molecule has 4 aromatic rings. The molecule has 2 aromatic heterocycles. The predicted molar refractivity (Wildman–Crippen MR) is 90.6 cm³/mol. The Labute approximate surface area is 126 Å². The van der Waals surface area contributed by atoms with Crippen LogP contribution in [0.15, 0.2) is 71.4 Å². The Morgan fingerprint density at radius 3 is 1.30 bits per heavy atom. The van der Waals surface area contributed by atoms with Gasteiger partial charge in [0.15, 0.2) is 0 Å². The van der Waals surface area contributed by atoms with E-state index in [1.165, 1.54) is 31.7 Å². The summed E-state index contributed by atoms with van der Waals surface area (Å²) in [4.78, 5) is 0. The molecule has 0 nitrogen and oxygen atoms in total. The summed E-state index contributed by atoms with van der Waals surface area (Å²) in [5.74, 6) is 0. The molecule has 2 heteroatoms. The third-order valence-corrected chi connectivity index (χ3v) is 5.61. The van der Waals surface area contributed by atoms with E-state index in [0.29, 0.717) is 0 Å². The van der Waals surface area contributed by atoms with E-state index in [1.807, 2.05) is 22.7 Å². The Balaban J connectivity index is 1.91. The average molecular weight is 292 g/mol. The number of rotatable bonds is 2. The van der Waals surface area contributed by atoms with Gasteiger partial charge >= 0.3 is 0 Å². The van der Waals surface area contributed by atoms with Crippen molar-refractivity contribution >= 4 is 32.1 Å². The summed E-state index contributed by atoms with van der Waals surface area (Å²) in [7, 11) is 0. The largest absolute Gasteiger partial charge is 0.142 e. The molecule has 96 valence electrons. The fourth-order valence-electron chi connectivity index (χ4n) is 2.46. The number of benzene rings is 2. The molecule has 2 aromatic carbocycles. The van der Waals surface area contributed by atoms with Gasteiger partial charge in [-0.25, -0.2) is 0 Å². The summed E-state index contributed by atoms with van der Waals surface area (Å²) in [5, 5.41) is 4.56. The zero-order valence-electron chi connectivity index (χ0n) is 10.7. The molecule has 0 aliphatic rings. The van der Waals surface area contributed by atoms with Crippen LogP contribution < -0.4 is 0 Å². The lowest BCUT2D eigenvalue weighted by molar-refractivity contribution is 1.69. The molecule has 0 saturated heterocycles. The van der Waals surface area contributed by atoms with Crippen LogP contribution in [0.1, 0.15) is 0 Å². The number of thiophene rings is 2. The molecule has 0 N–H and O–H groups in total. The minimum absolute atomic E-state index is 1.31. The van der Waals surface area contributed by atoms with E-state index in [0.717, 1.165) is 0 Å². The van der Waals surface area contributed by atoms with E-state index in [1.54, 1.807) is 0 Å². The van der Waals surface area contributed by atoms with Crippen LogP contribution in [0.25, 0.3) is 31.7 Å². The summed E-state index contributed by atoms with van der Waals surface area (Å²) in [6.07, 6.45) is 0. The Morgan fingerprint density at radius 1 is 0.500 bits per heavy atom. The van der Waals surface area contributed by atoms with Gasteiger partial charge in [-0.2, -0.15) is 0 Å². The SMILES string of the molecule is c1ccc(-c2csc3c(-c4ccccc4)csc23)cc1. The average Bonchev–Trinajstić information content (AvgIpc) is 3.10. The molecule has 20 heavy (non-hydrogen) atoms. The lowest BCUT2D eigenvalue weighted by atomic mass is 10.1. The molecule has 0 unspecified atom stereocenters. The maximum absolute atomic E-state index is 2.28. The highest BCUT2D eigenvalue weighted by atomic mass is 32.1. The smallest absolute Gasteiger partial charge is 0.0535 e. The zero-order chi connectivity index (χ0) is 13.4. The molecular formula is C18H12S2. The van der Waals surface area contributed by atoms with Crippen molar-refractivity contribution in [2.75, 3.05) is 0 Å². The van der Waals surface area contributed by atoms with Crippen molar-refractivity contribution in [2.45, 2.75) is 0 Å². The third kappa shape index (κ3) is 1.89. The molecule has 2 heterocycles. The highest BCUT2D eigenvalue weighted by molar-refractivity contribution is 7.27. The van der Waals surface area contributed by atoms with E-state index in [-0.39, 0.29) is 0 Å². The van der Waals surface area contributed by atoms with Crippen molar-refractivity contribution in [2.24, 2.45) is 0 Å². The third-order valence-electron chi connectivity index (χ3n) is 3.45. The molecule has 0 fully saturated rings. The summed E-state index contributed by atoms with van der Waals surface area (Å²) in [6, 6.07) is 21.3. The summed E-state index contributed by atoms with van der Waals surface area (Å²) in [5.41, 5.74) is 5.33. The van der Waals surface area contributed by atoms with Crippen LogP contribution in [0.5, 0.6) is 0 Å². The fraction of sp³-hybridized carbons (Fsp3) is 0. The van der Waals surface area contributed by atoms with Gasteiger partial charge in [0.05, 0.1) is 9.40 Å². The first-order valence-corrected chi connectivity index (χ1v) is 8.29. The summed E-state index contributed by atoms with van der Waals surface area (Å²) >= 11 is 3.69. The minimum atomic E-state index is 1.31. The number of fused-ring (bicyclic) bond motifs is 1. The van der Waals surface area contributed by atoms with E-state index >= 15 is 0 Å². The first-order valence-electron chi connectivity index (χ1n) is 6.53. The van der Waals surface area contributed by atoms with E-state index in [2.05, 4.69) is 71.4 Å². The van der Waals surface area contributed by atoms with Crippen molar-refractivity contribution in [3.05, 3.63) is 71.4 Å². The first kappa shape index (κ1) is 11.9. The molecule has 0 atom stereocenters. The quantitative estimate of drug-likeness (QED) is 0.407. The molecule has 0 aliphatic carbocycles. The number of hydrogen-bond donors (Lipinski definition) is 0. The van der Waals surface area contributed by atoms with Crippen LogP contribution in [0.2, 0.25) is 0 Å². The standard InChI is InChI=1S/C18H12S2/c1-3-7-13(8-4-1)15-11-19-18-16(12-20-17(15)18)14-9-5-2-6-10-14/h1-12H. The van der Waals surface area contributed by atoms with Gasteiger partial charge in [-0.1, -0.05) is 60.7 Å². The molecule has 0 aliphatic heterocycles. The molecule has 0 saturated carbocycles. The van der Waals surface area contributed by atoms with Gasteiger partial charge in [0, 0.05) is 21.9 Å². The van der Waals surface area contributed by atoms with Crippen molar-refractivity contribution in [3.8, 4) is 22.3 Å². The molecule has 0 amide bonds. The van der Waals surface area contributed by atoms with E-state index in [9.17, 15) is 0 Å². The Kier molecular flexibility index (Phi) is 2.91. The highest BCUT2D eigenvalue weighted by Crippen LogP contribution is 2.43. The van der Waals surface area contributed by atoms with Gasteiger partial charge in [-0.05, 0) is 11.1 Å². The Bertz CT molecular complexity index is 765. The van der Waals surface area contributed by atoms with Gasteiger partial charge in [-0.3, -0.25) is 0 Å². The van der Waals surface area contributed by atoms with Crippen molar-refractivity contribution in [3.63, 3.8) is 0 Å². The lowest BCUT2D eigenvalue weighted by Gasteiger charge is -1.96. The Hall–Kier alpha value is -1.90. The van der Waals surface area contributed by atoms with Crippen molar-refractivity contribution < 1.29 is 0 Å². The maximum Gasteiger partial charge on any atom is 0.0535 e. The first-order chi connectivity index (χ1) is 9.93. The van der Waals surface area contributed by atoms with Gasteiger partial charge in [0.2, 0.25) is 0 Å². The van der Waals surface area contributed by atoms with E-state index < -0.39 is 0 Å². The van der Waals surface area contributed by atoms with Gasteiger partial charge in [-0.15, -0.1) is 22.7 Å². The predicted octanol–water partition coefficient (Wildman–Crippen LogP) is 6.30. The van der Waals surface area contributed by atoms with Crippen LogP contribution in [0.4, 0.5) is 0 Å². The summed E-state index contributed by atoms with van der Waals surface area (Å²) < 4.78 is 2.81. The van der Waals surface area contributed by atoms with E-state index in [4.69, 9.17) is 0 Å². The van der Waals surface area contributed by atoms with Crippen LogP contribution in [-0.2, 0) is 0 Å². The summed E-state index contributed by atoms with van der Waals surface area (Å²) in [6.45, 7) is 0. The molecule has 0 spiro atoms. The monoisotopic (exact) mass is 292 g/mol. The lowest BCUT2D eigenvalue weighted by Crippen LogP contribution is -1.71. The highest BCUT2D eigenvalue weighted by Gasteiger charge is 2.12. The Morgan fingerprint density at radius 2 is 0.900 bits per heavy atom. The second-order valence-electron chi connectivity index (χ2n) is 4.69. The van der Waals surface area contributed by atoms with Crippen molar-refractivity contribution in [1.29, 1.82) is 0 Å². The second-order valence-corrected chi connectivity index (χ2v) is 6.45. The number of hydrogen-bond acceptors (Lipinski definition) is 2. The molecule has 0 radical (unpaired) electrons. The fourth-order valence-corrected chi connectivity index (χ4v) is 4.91. The normalized spacial score (nSPS) is 11.0.